The van der Waals surface area contributed by atoms with E-state index in [0.29, 0.717) is 38.2 Å². The number of carboxylic acid groups (broad SMARTS) is 1. The summed E-state index contributed by atoms with van der Waals surface area (Å²) in [6.45, 7) is 5.22. The van der Waals surface area contributed by atoms with Gasteiger partial charge in [0, 0.05) is 31.9 Å². The minimum absolute atomic E-state index is 0.153. The molecule has 0 fully saturated rings. The quantitative estimate of drug-likeness (QED) is 0.664. The van der Waals surface area contributed by atoms with E-state index in [1.165, 1.54) is 0 Å². The highest BCUT2D eigenvalue weighted by atomic mass is 16.5. The third kappa shape index (κ3) is 6.39. The molecule has 0 bridgehead atoms. The predicted molar refractivity (Wildman–Crippen MR) is 89.6 cm³/mol. The molecular weight excluding hydrogens is 308 g/mol. The summed E-state index contributed by atoms with van der Waals surface area (Å²) in [5.74, 6) is -1.77. The van der Waals surface area contributed by atoms with Gasteiger partial charge in [0.25, 0.3) is 5.91 Å². The number of benzene rings is 1. The van der Waals surface area contributed by atoms with Gasteiger partial charge in [-0.25, -0.2) is 0 Å². The molecule has 0 spiro atoms. The summed E-state index contributed by atoms with van der Waals surface area (Å²) >= 11 is 0. The standard InChI is InChI=1S/C18H24N2O4/c1-3-24-12-4-11-20(13-14(2)18(22)23)17(21)16-7-5-15(6-8-16)9-10-19/h5-8,14H,3-4,9,11-13H2,1-2H3,(H,22,23). The van der Waals surface area contributed by atoms with Gasteiger partial charge >= 0.3 is 5.97 Å². The van der Waals surface area contributed by atoms with Crippen LogP contribution in [0.4, 0.5) is 0 Å². The van der Waals surface area contributed by atoms with Crippen molar-refractivity contribution in [3.8, 4) is 6.07 Å². The minimum atomic E-state index is -0.929. The number of amides is 1. The fraction of sp³-hybridized carbons (Fsp3) is 0.500. The van der Waals surface area contributed by atoms with Crippen molar-refractivity contribution in [1.82, 2.24) is 4.90 Å². The van der Waals surface area contributed by atoms with Gasteiger partial charge in [-0.3, -0.25) is 9.59 Å². The zero-order valence-corrected chi connectivity index (χ0v) is 14.2. The van der Waals surface area contributed by atoms with Gasteiger partial charge in [0.05, 0.1) is 18.4 Å². The molecule has 0 saturated heterocycles. The maximum Gasteiger partial charge on any atom is 0.308 e. The highest BCUT2D eigenvalue weighted by Gasteiger charge is 2.21. The van der Waals surface area contributed by atoms with Crippen LogP contribution >= 0.6 is 0 Å². The van der Waals surface area contributed by atoms with Crippen LogP contribution in [0.3, 0.4) is 0 Å². The Hall–Kier alpha value is -2.39. The SMILES string of the molecule is CCOCCCN(CC(C)C(=O)O)C(=O)c1ccc(CC#N)cc1. The smallest absolute Gasteiger partial charge is 0.308 e. The molecule has 1 atom stereocenters. The summed E-state index contributed by atoms with van der Waals surface area (Å²) in [6, 6.07) is 8.90. The van der Waals surface area contributed by atoms with Crippen LogP contribution in [0.15, 0.2) is 24.3 Å². The van der Waals surface area contributed by atoms with E-state index in [4.69, 9.17) is 15.1 Å². The van der Waals surface area contributed by atoms with E-state index >= 15 is 0 Å². The third-order valence-corrected chi connectivity index (χ3v) is 3.61. The third-order valence-electron chi connectivity index (χ3n) is 3.61. The van der Waals surface area contributed by atoms with Gasteiger partial charge in [0.2, 0.25) is 0 Å². The second-order valence-corrected chi connectivity index (χ2v) is 5.57. The summed E-state index contributed by atoms with van der Waals surface area (Å²) in [4.78, 5) is 25.3. The zero-order chi connectivity index (χ0) is 17.9. The molecule has 24 heavy (non-hydrogen) atoms. The first kappa shape index (κ1) is 19.7. The molecule has 0 saturated carbocycles. The van der Waals surface area contributed by atoms with Gasteiger partial charge in [-0.15, -0.1) is 0 Å². The first-order valence-electron chi connectivity index (χ1n) is 8.05. The van der Waals surface area contributed by atoms with Crippen LogP contribution in [-0.2, 0) is 16.0 Å². The molecule has 1 aromatic rings. The predicted octanol–water partition coefficient (Wildman–Crippen LogP) is 2.34. The first-order valence-corrected chi connectivity index (χ1v) is 8.05. The van der Waals surface area contributed by atoms with Gasteiger partial charge in [-0.05, 0) is 31.0 Å². The lowest BCUT2D eigenvalue weighted by Crippen LogP contribution is -2.38. The maximum atomic E-state index is 12.7. The van der Waals surface area contributed by atoms with Crippen molar-refractivity contribution in [3.05, 3.63) is 35.4 Å². The lowest BCUT2D eigenvalue weighted by atomic mass is 10.1. The van der Waals surface area contributed by atoms with Crippen LogP contribution in [0.2, 0.25) is 0 Å². The number of nitrogens with zero attached hydrogens (tertiary/aromatic N) is 2. The van der Waals surface area contributed by atoms with Gasteiger partial charge in [0.15, 0.2) is 0 Å². The Bertz CT molecular complexity index is 578. The van der Waals surface area contributed by atoms with Crippen molar-refractivity contribution >= 4 is 11.9 Å². The van der Waals surface area contributed by atoms with E-state index in [9.17, 15) is 9.59 Å². The molecule has 0 aliphatic rings. The molecule has 1 unspecified atom stereocenters. The number of carboxylic acids is 1. The summed E-state index contributed by atoms with van der Waals surface area (Å²) in [5, 5.41) is 17.8. The molecule has 1 aromatic carbocycles. The number of hydrogen-bond donors (Lipinski definition) is 1. The number of ether oxygens (including phenoxy) is 1. The van der Waals surface area contributed by atoms with E-state index < -0.39 is 11.9 Å². The number of hydrogen-bond acceptors (Lipinski definition) is 4. The Morgan fingerprint density at radius 2 is 2.00 bits per heavy atom. The highest BCUT2D eigenvalue weighted by molar-refractivity contribution is 5.94. The molecule has 0 aromatic heterocycles. The average Bonchev–Trinajstić information content (AvgIpc) is 2.57. The molecule has 0 heterocycles. The number of carbonyl (C=O) groups excluding carboxylic acids is 1. The normalized spacial score (nSPS) is 11.5. The lowest BCUT2D eigenvalue weighted by Gasteiger charge is -2.24. The lowest BCUT2D eigenvalue weighted by molar-refractivity contribution is -0.141. The van der Waals surface area contributed by atoms with Crippen molar-refractivity contribution in [1.29, 1.82) is 5.26 Å². The largest absolute Gasteiger partial charge is 0.481 e. The molecule has 0 aliphatic heterocycles. The first-order chi connectivity index (χ1) is 11.5. The van der Waals surface area contributed by atoms with Gasteiger partial charge in [0.1, 0.15) is 0 Å². The van der Waals surface area contributed by atoms with Crippen LogP contribution in [0.5, 0.6) is 0 Å². The molecule has 0 radical (unpaired) electrons. The van der Waals surface area contributed by atoms with Crippen molar-refractivity contribution in [2.75, 3.05) is 26.3 Å². The Kier molecular flexibility index (Phi) is 8.52. The number of nitriles is 1. The van der Waals surface area contributed by atoms with Crippen LogP contribution in [0.1, 0.15) is 36.2 Å². The fourth-order valence-electron chi connectivity index (χ4n) is 2.23. The molecule has 0 aliphatic carbocycles. The monoisotopic (exact) mass is 332 g/mol. The molecule has 1 rings (SSSR count). The van der Waals surface area contributed by atoms with E-state index in [-0.39, 0.29) is 12.5 Å². The molecular formula is C18H24N2O4. The molecule has 1 amide bonds. The Labute approximate surface area is 142 Å². The van der Waals surface area contributed by atoms with E-state index in [2.05, 4.69) is 6.07 Å². The van der Waals surface area contributed by atoms with Crippen LogP contribution in [-0.4, -0.2) is 48.2 Å². The number of carbonyl (C=O) groups is 2. The fourth-order valence-corrected chi connectivity index (χ4v) is 2.23. The van der Waals surface area contributed by atoms with Gasteiger partial charge in [-0.2, -0.15) is 5.26 Å². The maximum absolute atomic E-state index is 12.7. The van der Waals surface area contributed by atoms with Crippen molar-refractivity contribution in [2.24, 2.45) is 5.92 Å². The van der Waals surface area contributed by atoms with Crippen LogP contribution in [0.25, 0.3) is 0 Å². The zero-order valence-electron chi connectivity index (χ0n) is 14.2. The van der Waals surface area contributed by atoms with E-state index in [1.54, 1.807) is 36.1 Å². The molecule has 6 heteroatoms. The van der Waals surface area contributed by atoms with E-state index in [0.717, 1.165) is 5.56 Å². The molecule has 1 N–H and O–H groups in total. The van der Waals surface area contributed by atoms with Crippen molar-refractivity contribution in [3.63, 3.8) is 0 Å². The summed E-state index contributed by atoms with van der Waals surface area (Å²) in [6.07, 6.45) is 0.945. The Morgan fingerprint density at radius 3 is 2.54 bits per heavy atom. The Balaban J connectivity index is 2.80. The van der Waals surface area contributed by atoms with E-state index in [1.807, 2.05) is 6.92 Å². The summed E-state index contributed by atoms with van der Waals surface area (Å²) in [5.41, 5.74) is 1.33. The van der Waals surface area contributed by atoms with Crippen molar-refractivity contribution in [2.45, 2.75) is 26.7 Å². The second-order valence-electron chi connectivity index (χ2n) is 5.57. The van der Waals surface area contributed by atoms with Crippen LogP contribution < -0.4 is 0 Å². The topological polar surface area (TPSA) is 90.6 Å². The van der Waals surface area contributed by atoms with Crippen LogP contribution in [0, 0.1) is 17.2 Å². The number of aliphatic carboxylic acids is 1. The summed E-state index contributed by atoms with van der Waals surface area (Å²) in [7, 11) is 0. The van der Waals surface area contributed by atoms with Gasteiger partial charge in [-0.1, -0.05) is 19.1 Å². The molecule has 6 nitrogen and oxygen atoms in total. The Morgan fingerprint density at radius 1 is 1.33 bits per heavy atom. The summed E-state index contributed by atoms with van der Waals surface area (Å²) < 4.78 is 5.28. The van der Waals surface area contributed by atoms with Crippen molar-refractivity contribution < 1.29 is 19.4 Å². The average molecular weight is 332 g/mol. The minimum Gasteiger partial charge on any atom is -0.481 e. The van der Waals surface area contributed by atoms with Gasteiger partial charge < -0.3 is 14.7 Å². The highest BCUT2D eigenvalue weighted by Crippen LogP contribution is 2.11. The number of rotatable bonds is 10. The molecule has 130 valence electrons. The second kappa shape index (κ2) is 10.4.